The molecule has 2 N–H and O–H groups in total. The van der Waals surface area contributed by atoms with Crippen LogP contribution in [0.4, 0.5) is 0 Å². The van der Waals surface area contributed by atoms with Crippen molar-refractivity contribution in [2.45, 2.75) is 6.54 Å². The molecule has 4 heteroatoms. The molecule has 1 aliphatic heterocycles. The maximum absolute atomic E-state index is 5.33. The van der Waals surface area contributed by atoms with E-state index in [1.165, 1.54) is 5.56 Å². The van der Waals surface area contributed by atoms with Crippen molar-refractivity contribution < 1.29 is 4.74 Å². The molecule has 0 amide bonds. The zero-order valence-corrected chi connectivity index (χ0v) is 11.1. The van der Waals surface area contributed by atoms with Crippen molar-refractivity contribution in [1.82, 2.24) is 15.5 Å². The van der Waals surface area contributed by atoms with Gasteiger partial charge in [-0.15, -0.1) is 0 Å². The molecule has 1 aromatic rings. The minimum absolute atomic E-state index is 0.871. The summed E-state index contributed by atoms with van der Waals surface area (Å²) < 4.78 is 5.33. The Bertz CT molecular complexity index is 351. The number of nitrogens with zero attached hydrogens (tertiary/aromatic N) is 1. The van der Waals surface area contributed by atoms with E-state index in [1.54, 1.807) is 7.11 Å². The van der Waals surface area contributed by atoms with Gasteiger partial charge in [0.1, 0.15) is 5.75 Å². The van der Waals surface area contributed by atoms with Crippen LogP contribution in [0.5, 0.6) is 5.75 Å². The molecule has 1 heterocycles. The molecule has 1 fully saturated rings. The van der Waals surface area contributed by atoms with Crippen LogP contribution in [0.3, 0.4) is 0 Å². The predicted octanol–water partition coefficient (Wildman–Crippen LogP) is 0.690. The molecular formula is C14H23N3O. The molecule has 2 rings (SSSR count). The second-order valence-electron chi connectivity index (χ2n) is 4.58. The van der Waals surface area contributed by atoms with Crippen molar-refractivity contribution in [2.75, 3.05) is 46.4 Å². The molecule has 1 saturated heterocycles. The van der Waals surface area contributed by atoms with Crippen molar-refractivity contribution in [3.63, 3.8) is 0 Å². The highest BCUT2D eigenvalue weighted by Crippen LogP contribution is 2.16. The van der Waals surface area contributed by atoms with Crippen LogP contribution in [0.1, 0.15) is 5.56 Å². The number of rotatable bonds is 6. The highest BCUT2D eigenvalue weighted by atomic mass is 16.5. The number of nitrogens with one attached hydrogen (secondary N) is 2. The lowest BCUT2D eigenvalue weighted by atomic mass is 10.2. The van der Waals surface area contributed by atoms with Gasteiger partial charge in [0.2, 0.25) is 0 Å². The highest BCUT2D eigenvalue weighted by Gasteiger charge is 2.08. The summed E-state index contributed by atoms with van der Waals surface area (Å²) >= 11 is 0. The van der Waals surface area contributed by atoms with Gasteiger partial charge in [-0.1, -0.05) is 18.2 Å². The fraction of sp³-hybridized carbons (Fsp3) is 0.571. The van der Waals surface area contributed by atoms with Crippen LogP contribution in [-0.4, -0.2) is 51.3 Å². The smallest absolute Gasteiger partial charge is 0.123 e. The van der Waals surface area contributed by atoms with E-state index in [9.17, 15) is 0 Å². The van der Waals surface area contributed by atoms with Gasteiger partial charge in [0.05, 0.1) is 7.11 Å². The first-order valence-corrected chi connectivity index (χ1v) is 6.66. The van der Waals surface area contributed by atoms with E-state index < -0.39 is 0 Å². The maximum Gasteiger partial charge on any atom is 0.123 e. The quantitative estimate of drug-likeness (QED) is 0.727. The highest BCUT2D eigenvalue weighted by molar-refractivity contribution is 5.32. The summed E-state index contributed by atoms with van der Waals surface area (Å²) in [6, 6.07) is 8.17. The fourth-order valence-corrected chi connectivity index (χ4v) is 2.24. The van der Waals surface area contributed by atoms with Crippen LogP contribution in [0.25, 0.3) is 0 Å². The molecular weight excluding hydrogens is 226 g/mol. The third-order valence-electron chi connectivity index (χ3n) is 3.32. The van der Waals surface area contributed by atoms with E-state index in [-0.39, 0.29) is 0 Å². The Kier molecular flexibility index (Phi) is 5.45. The second-order valence-corrected chi connectivity index (χ2v) is 4.58. The molecule has 0 spiro atoms. The van der Waals surface area contributed by atoms with E-state index in [4.69, 9.17) is 4.74 Å². The second kappa shape index (κ2) is 7.36. The monoisotopic (exact) mass is 249 g/mol. The summed E-state index contributed by atoms with van der Waals surface area (Å²) in [7, 11) is 1.72. The van der Waals surface area contributed by atoms with Crippen LogP contribution < -0.4 is 15.4 Å². The first-order chi connectivity index (χ1) is 8.90. The number of hydrogen-bond acceptors (Lipinski definition) is 4. The van der Waals surface area contributed by atoms with Gasteiger partial charge in [-0.2, -0.15) is 0 Å². The molecule has 0 saturated carbocycles. The lowest BCUT2D eigenvalue weighted by Crippen LogP contribution is -2.45. The normalized spacial score (nSPS) is 16.7. The zero-order chi connectivity index (χ0) is 12.6. The van der Waals surface area contributed by atoms with Crippen molar-refractivity contribution in [3.8, 4) is 5.75 Å². The minimum atomic E-state index is 0.871. The molecule has 0 unspecified atom stereocenters. The standard InChI is InChI=1S/C14H23N3O/c1-18-14-5-3-2-4-13(14)12-16-8-11-17-9-6-15-7-10-17/h2-5,15-16H,6-12H2,1H3. The van der Waals surface area contributed by atoms with Crippen LogP contribution in [0.15, 0.2) is 24.3 Å². The van der Waals surface area contributed by atoms with E-state index >= 15 is 0 Å². The average molecular weight is 249 g/mol. The maximum atomic E-state index is 5.33. The summed E-state index contributed by atoms with van der Waals surface area (Å²) in [5, 5.41) is 6.85. The van der Waals surface area contributed by atoms with Crippen molar-refractivity contribution >= 4 is 0 Å². The van der Waals surface area contributed by atoms with Gasteiger partial charge in [0.15, 0.2) is 0 Å². The number of piperazine rings is 1. The van der Waals surface area contributed by atoms with E-state index in [1.807, 2.05) is 12.1 Å². The van der Waals surface area contributed by atoms with Crippen molar-refractivity contribution in [3.05, 3.63) is 29.8 Å². The molecule has 0 aliphatic carbocycles. The van der Waals surface area contributed by atoms with Gasteiger partial charge in [-0.25, -0.2) is 0 Å². The molecule has 100 valence electrons. The SMILES string of the molecule is COc1ccccc1CNCCN1CCNCC1. The van der Waals surface area contributed by atoms with Crippen LogP contribution >= 0.6 is 0 Å². The molecule has 0 bridgehead atoms. The Morgan fingerprint density at radius 1 is 1.28 bits per heavy atom. The minimum Gasteiger partial charge on any atom is -0.496 e. The average Bonchev–Trinajstić information content (AvgIpc) is 2.45. The van der Waals surface area contributed by atoms with Crippen LogP contribution in [0.2, 0.25) is 0 Å². The third kappa shape index (κ3) is 3.98. The topological polar surface area (TPSA) is 36.5 Å². The molecule has 4 nitrogen and oxygen atoms in total. The van der Waals surface area contributed by atoms with E-state index in [0.29, 0.717) is 0 Å². The van der Waals surface area contributed by atoms with Crippen molar-refractivity contribution in [1.29, 1.82) is 0 Å². The Hall–Kier alpha value is -1.10. The summed E-state index contributed by atoms with van der Waals surface area (Å²) in [5.74, 6) is 0.965. The third-order valence-corrected chi connectivity index (χ3v) is 3.32. The number of methoxy groups -OCH3 is 1. The van der Waals surface area contributed by atoms with E-state index in [2.05, 4.69) is 27.7 Å². The molecule has 0 atom stereocenters. The first-order valence-electron chi connectivity index (χ1n) is 6.66. The summed E-state index contributed by atoms with van der Waals surface area (Å²) in [6.07, 6.45) is 0. The van der Waals surface area contributed by atoms with Crippen LogP contribution in [-0.2, 0) is 6.54 Å². The Morgan fingerprint density at radius 3 is 2.83 bits per heavy atom. The number of benzene rings is 1. The lowest BCUT2D eigenvalue weighted by Gasteiger charge is -2.27. The van der Waals surface area contributed by atoms with Gasteiger partial charge in [-0.3, -0.25) is 4.90 Å². The summed E-state index contributed by atoms with van der Waals surface area (Å²) in [5.41, 5.74) is 1.22. The zero-order valence-electron chi connectivity index (χ0n) is 11.1. The number of para-hydroxylation sites is 1. The molecule has 1 aliphatic rings. The van der Waals surface area contributed by atoms with Crippen molar-refractivity contribution in [2.24, 2.45) is 0 Å². The summed E-state index contributed by atoms with van der Waals surface area (Å²) in [4.78, 5) is 2.49. The van der Waals surface area contributed by atoms with Gasteiger partial charge >= 0.3 is 0 Å². The predicted molar refractivity (Wildman–Crippen MR) is 74.0 cm³/mol. The largest absolute Gasteiger partial charge is 0.496 e. The molecule has 18 heavy (non-hydrogen) atoms. The lowest BCUT2D eigenvalue weighted by molar-refractivity contribution is 0.241. The van der Waals surface area contributed by atoms with Gasteiger partial charge in [0.25, 0.3) is 0 Å². The number of ether oxygens (including phenoxy) is 1. The first kappa shape index (κ1) is 13.3. The number of hydrogen-bond donors (Lipinski definition) is 2. The van der Waals surface area contributed by atoms with Gasteiger partial charge in [0, 0.05) is 51.4 Å². The van der Waals surface area contributed by atoms with Crippen LogP contribution in [0, 0.1) is 0 Å². The van der Waals surface area contributed by atoms with Gasteiger partial charge in [-0.05, 0) is 6.07 Å². The Labute approximate surface area is 109 Å². The summed E-state index contributed by atoms with van der Waals surface area (Å²) in [6.45, 7) is 7.58. The molecule has 0 radical (unpaired) electrons. The van der Waals surface area contributed by atoms with E-state index in [0.717, 1.165) is 51.6 Å². The molecule has 0 aromatic heterocycles. The Morgan fingerprint density at radius 2 is 2.06 bits per heavy atom. The Balaban J connectivity index is 1.68. The molecule has 1 aromatic carbocycles. The fourth-order valence-electron chi connectivity index (χ4n) is 2.24. The van der Waals surface area contributed by atoms with Gasteiger partial charge < -0.3 is 15.4 Å².